The Bertz CT molecular complexity index is 1050. The maximum absolute atomic E-state index is 12.5. The van der Waals surface area contributed by atoms with E-state index in [0.29, 0.717) is 11.3 Å². The number of aliphatic hydroxyl groups is 2. The lowest BCUT2D eigenvalue weighted by Gasteiger charge is -2.13. The summed E-state index contributed by atoms with van der Waals surface area (Å²) in [6, 6.07) is 0. The monoisotopic (exact) mass is 382 g/mol. The minimum Gasteiger partial charge on any atom is -0.394 e. The van der Waals surface area contributed by atoms with E-state index < -0.39 is 24.0 Å². The third-order valence-electron chi connectivity index (χ3n) is 4.78. The molecule has 1 saturated heterocycles. The van der Waals surface area contributed by atoms with Gasteiger partial charge in [-0.2, -0.15) is 9.67 Å². The summed E-state index contributed by atoms with van der Waals surface area (Å²) in [6.07, 6.45) is 8.88. The number of rotatable bonds is 4. The van der Waals surface area contributed by atoms with Gasteiger partial charge in [-0.25, -0.2) is 4.98 Å². The summed E-state index contributed by atoms with van der Waals surface area (Å²) < 4.78 is 8.60. The fourth-order valence-electron chi connectivity index (χ4n) is 3.33. The Morgan fingerprint density at radius 3 is 2.89 bits per heavy atom. The number of imidazole rings is 1. The molecule has 0 bridgehead atoms. The molecule has 3 N–H and O–H groups in total. The van der Waals surface area contributed by atoms with Crippen LogP contribution in [-0.4, -0.2) is 63.5 Å². The van der Waals surface area contributed by atoms with Gasteiger partial charge in [0.2, 0.25) is 5.95 Å². The minimum absolute atomic E-state index is 0.144. The molecular formula is C17H16N7O4. The smallest absolute Gasteiger partial charge is 0.280 e. The summed E-state index contributed by atoms with van der Waals surface area (Å²) >= 11 is 0. The highest BCUT2D eigenvalue weighted by atomic mass is 16.5. The van der Waals surface area contributed by atoms with Gasteiger partial charge < -0.3 is 14.9 Å². The number of nitrogens with one attached hydrogen (secondary N) is 1. The van der Waals surface area contributed by atoms with Crippen LogP contribution >= 0.6 is 0 Å². The molecule has 0 amide bonds. The summed E-state index contributed by atoms with van der Waals surface area (Å²) in [7, 11) is 0. The topological polar surface area (TPSA) is 144 Å². The van der Waals surface area contributed by atoms with Crippen molar-refractivity contribution in [2.75, 3.05) is 6.61 Å². The Morgan fingerprint density at radius 1 is 1.32 bits per heavy atom. The van der Waals surface area contributed by atoms with Crippen molar-refractivity contribution < 1.29 is 14.9 Å². The van der Waals surface area contributed by atoms with Gasteiger partial charge in [-0.15, -0.1) is 5.10 Å². The number of aliphatic hydroxyl groups excluding tert-OH is 2. The molecule has 2 fully saturated rings. The van der Waals surface area contributed by atoms with E-state index in [-0.39, 0.29) is 24.5 Å². The van der Waals surface area contributed by atoms with Crippen LogP contribution in [0.5, 0.6) is 0 Å². The molecular weight excluding hydrogens is 366 g/mol. The summed E-state index contributed by atoms with van der Waals surface area (Å²) in [4.78, 5) is 23.7. The van der Waals surface area contributed by atoms with Gasteiger partial charge in [-0.05, 0) is 25.7 Å². The van der Waals surface area contributed by atoms with E-state index >= 15 is 0 Å². The molecule has 2 aliphatic rings. The molecule has 28 heavy (non-hydrogen) atoms. The predicted octanol–water partition coefficient (Wildman–Crippen LogP) is -0.906. The lowest BCUT2D eigenvalue weighted by atomic mass is 10.1. The van der Waals surface area contributed by atoms with Gasteiger partial charge in [0.15, 0.2) is 11.2 Å². The van der Waals surface area contributed by atoms with E-state index in [1.54, 1.807) is 10.8 Å². The lowest BCUT2D eigenvalue weighted by Crippen LogP contribution is -2.24. The maximum atomic E-state index is 12.5. The highest BCUT2D eigenvalue weighted by Gasteiger charge is 2.35. The molecule has 143 valence electrons. The average molecular weight is 382 g/mol. The third kappa shape index (κ3) is 2.82. The summed E-state index contributed by atoms with van der Waals surface area (Å²) in [5.74, 6) is 1.09. The van der Waals surface area contributed by atoms with Crippen molar-refractivity contribution in [3.63, 3.8) is 0 Å². The fourth-order valence-corrected chi connectivity index (χ4v) is 3.33. The van der Waals surface area contributed by atoms with E-state index in [1.807, 2.05) is 25.7 Å². The van der Waals surface area contributed by atoms with Crippen molar-refractivity contribution >= 4 is 11.2 Å². The Hall–Kier alpha value is -2.63. The van der Waals surface area contributed by atoms with Crippen LogP contribution in [0.1, 0.15) is 18.3 Å². The normalized spacial score (nSPS) is 25.9. The molecule has 1 aliphatic carbocycles. The molecule has 3 atom stereocenters. The third-order valence-corrected chi connectivity index (χ3v) is 4.78. The Labute approximate surface area is 159 Å². The first-order chi connectivity index (χ1) is 13.6. The van der Waals surface area contributed by atoms with Crippen LogP contribution < -0.4 is 5.56 Å². The molecule has 11 nitrogen and oxygen atoms in total. The van der Waals surface area contributed by atoms with Gasteiger partial charge in [0.1, 0.15) is 12.3 Å². The molecule has 1 aliphatic heterocycles. The molecule has 5 rings (SSSR count). The summed E-state index contributed by atoms with van der Waals surface area (Å²) in [5, 5.41) is 27.4. The van der Waals surface area contributed by atoms with Crippen LogP contribution in [0.4, 0.5) is 0 Å². The number of hydrogen-bond acceptors (Lipinski definition) is 8. The zero-order chi connectivity index (χ0) is 19.3. The van der Waals surface area contributed by atoms with Crippen LogP contribution in [0.3, 0.4) is 0 Å². The molecule has 4 heterocycles. The first-order valence-corrected chi connectivity index (χ1v) is 8.70. The molecule has 5 radical (unpaired) electrons. The first kappa shape index (κ1) is 17.5. The number of ether oxygens (including phenoxy) is 1. The van der Waals surface area contributed by atoms with Crippen LogP contribution in [0.2, 0.25) is 0 Å². The van der Waals surface area contributed by atoms with Gasteiger partial charge in [-0.1, -0.05) is 5.21 Å². The highest BCUT2D eigenvalue weighted by molar-refractivity contribution is 5.70. The van der Waals surface area contributed by atoms with E-state index in [0.717, 1.165) is 5.92 Å². The van der Waals surface area contributed by atoms with Gasteiger partial charge in [0, 0.05) is 12.3 Å². The van der Waals surface area contributed by atoms with Crippen LogP contribution in [0.25, 0.3) is 17.1 Å². The molecule has 0 aromatic carbocycles. The molecule has 0 unspecified atom stereocenters. The van der Waals surface area contributed by atoms with Crippen LogP contribution in [0.15, 0.2) is 17.3 Å². The van der Waals surface area contributed by atoms with Gasteiger partial charge >= 0.3 is 0 Å². The number of aromatic nitrogens is 7. The molecule has 3 aromatic heterocycles. The highest BCUT2D eigenvalue weighted by Crippen LogP contribution is 2.31. The molecule has 0 spiro atoms. The average Bonchev–Trinajstić information content (AvgIpc) is 3.46. The van der Waals surface area contributed by atoms with E-state index in [2.05, 4.69) is 25.3 Å². The Kier molecular flexibility index (Phi) is 4.22. The van der Waals surface area contributed by atoms with Crippen LogP contribution in [0, 0.1) is 31.6 Å². The second-order valence-electron chi connectivity index (χ2n) is 6.55. The quantitative estimate of drug-likeness (QED) is 0.526. The van der Waals surface area contributed by atoms with Crippen molar-refractivity contribution in [1.29, 1.82) is 0 Å². The number of nitrogens with zero attached hydrogens (tertiary/aromatic N) is 6. The van der Waals surface area contributed by atoms with Crippen molar-refractivity contribution in [3.05, 3.63) is 60.2 Å². The Morgan fingerprint density at radius 2 is 2.14 bits per heavy atom. The predicted molar refractivity (Wildman–Crippen MR) is 94.2 cm³/mol. The van der Waals surface area contributed by atoms with E-state index in [1.165, 1.54) is 11.0 Å². The largest absolute Gasteiger partial charge is 0.394 e. The van der Waals surface area contributed by atoms with Crippen molar-refractivity contribution in [2.45, 2.75) is 24.9 Å². The number of H-pyrrole nitrogens is 1. The molecule has 1 saturated carbocycles. The standard InChI is InChI=1S/C17H16N7O4/c25-7-12-11(26)5-13(28-12)23-8-18-14-15(23)19-17(20-16(14)27)24-6-10(21-22-24)9-3-1-2-4-9/h1-4,6,8,11-13,25-26H,5,7H2,(H,19,20,27)/t11-,12+,13+/m0/s1. The van der Waals surface area contributed by atoms with Crippen LogP contribution in [-0.2, 0) is 4.74 Å². The SMILES string of the molecule is O=c1[nH]c(-n2cc([C]3[CH][CH][CH][CH]3)nn2)nc2c1ncn2[C@H]1C[C@H](O)[C@@H](CO)O1. The van der Waals surface area contributed by atoms with Gasteiger partial charge in [0.05, 0.1) is 30.9 Å². The maximum Gasteiger partial charge on any atom is 0.280 e. The van der Waals surface area contributed by atoms with E-state index in [9.17, 15) is 15.0 Å². The fraction of sp³-hybridized carbons (Fsp3) is 0.294. The van der Waals surface area contributed by atoms with Gasteiger partial charge in [-0.3, -0.25) is 14.3 Å². The molecule has 11 heteroatoms. The van der Waals surface area contributed by atoms with Crippen molar-refractivity contribution in [3.8, 4) is 5.95 Å². The van der Waals surface area contributed by atoms with Crippen molar-refractivity contribution in [2.24, 2.45) is 0 Å². The first-order valence-electron chi connectivity index (χ1n) is 8.70. The minimum atomic E-state index is -0.809. The van der Waals surface area contributed by atoms with E-state index in [4.69, 9.17) is 4.74 Å². The number of aromatic amines is 1. The lowest BCUT2D eigenvalue weighted by molar-refractivity contribution is -0.0432. The summed E-state index contributed by atoms with van der Waals surface area (Å²) in [6.45, 7) is -0.299. The van der Waals surface area contributed by atoms with Crippen molar-refractivity contribution in [1.82, 2.24) is 34.5 Å². The number of hydrogen-bond donors (Lipinski definition) is 3. The van der Waals surface area contributed by atoms with Gasteiger partial charge in [0.25, 0.3) is 5.56 Å². The second-order valence-corrected chi connectivity index (χ2v) is 6.55. The Balaban J connectivity index is 1.52. The molecule has 3 aromatic rings. The summed E-state index contributed by atoms with van der Waals surface area (Å²) in [5.41, 5.74) is 0.654. The zero-order valence-electron chi connectivity index (χ0n) is 14.5. The number of fused-ring (bicyclic) bond motifs is 1. The second kappa shape index (κ2) is 6.76. The zero-order valence-corrected chi connectivity index (χ0v) is 14.5.